The summed E-state index contributed by atoms with van der Waals surface area (Å²) in [6.07, 6.45) is 1.13. The second kappa shape index (κ2) is 4.29. The molecule has 1 saturated heterocycles. The number of hydrogen-bond donors (Lipinski definition) is 2. The first-order valence-electron chi connectivity index (χ1n) is 5.49. The molecule has 0 spiro atoms. The van der Waals surface area contributed by atoms with E-state index in [0.29, 0.717) is 0 Å². The molecule has 0 aromatic heterocycles. The standard InChI is InChI=1S/C11H17NO5/c1-11(2)16-8-6(12-10(14)15-3)4-5-7(13)9(8)17-11/h4-9,13H,1-3H3,(H,12,14)/t6-,7+,8+,9-/m0/s1. The third kappa shape index (κ3) is 2.43. The van der Waals surface area contributed by atoms with Gasteiger partial charge in [0, 0.05) is 0 Å². The summed E-state index contributed by atoms with van der Waals surface area (Å²) in [4.78, 5) is 11.2. The molecule has 6 nitrogen and oxygen atoms in total. The van der Waals surface area contributed by atoms with Crippen molar-refractivity contribution in [1.82, 2.24) is 5.32 Å². The molecule has 6 heteroatoms. The summed E-state index contributed by atoms with van der Waals surface area (Å²) in [6, 6.07) is -0.363. The monoisotopic (exact) mass is 243 g/mol. The van der Waals surface area contributed by atoms with E-state index in [1.165, 1.54) is 7.11 Å². The minimum atomic E-state index is -0.765. The number of nitrogens with one attached hydrogen (secondary N) is 1. The van der Waals surface area contributed by atoms with E-state index in [2.05, 4.69) is 10.1 Å². The summed E-state index contributed by atoms with van der Waals surface area (Å²) >= 11 is 0. The van der Waals surface area contributed by atoms with Crippen LogP contribution in [0.1, 0.15) is 13.8 Å². The Morgan fingerprint density at radius 1 is 1.35 bits per heavy atom. The molecule has 1 heterocycles. The van der Waals surface area contributed by atoms with Crippen molar-refractivity contribution in [3.63, 3.8) is 0 Å². The second-order valence-electron chi connectivity index (χ2n) is 4.60. The highest BCUT2D eigenvalue weighted by Gasteiger charge is 2.49. The molecule has 96 valence electrons. The minimum Gasteiger partial charge on any atom is -0.453 e. The Labute approximate surface area is 99.5 Å². The van der Waals surface area contributed by atoms with Gasteiger partial charge in [-0.2, -0.15) is 0 Å². The topological polar surface area (TPSA) is 77.0 Å². The molecule has 0 aromatic rings. The van der Waals surface area contributed by atoms with E-state index in [1.807, 2.05) is 0 Å². The molecule has 0 radical (unpaired) electrons. The van der Waals surface area contributed by atoms with Crippen LogP contribution >= 0.6 is 0 Å². The molecular weight excluding hydrogens is 226 g/mol. The Bertz CT molecular complexity index is 341. The number of alkyl carbamates (subject to hydrolysis) is 1. The van der Waals surface area contributed by atoms with E-state index in [4.69, 9.17) is 9.47 Å². The van der Waals surface area contributed by atoms with E-state index in [1.54, 1.807) is 26.0 Å². The summed E-state index contributed by atoms with van der Waals surface area (Å²) in [5.41, 5.74) is 0. The van der Waals surface area contributed by atoms with Crippen LogP contribution in [0.5, 0.6) is 0 Å². The van der Waals surface area contributed by atoms with Gasteiger partial charge in [0.25, 0.3) is 0 Å². The number of carbonyl (C=O) groups excluding carboxylic acids is 1. The van der Waals surface area contributed by atoms with Crippen LogP contribution in [0.15, 0.2) is 12.2 Å². The van der Waals surface area contributed by atoms with Crippen LogP contribution in [0.4, 0.5) is 4.79 Å². The molecule has 2 rings (SSSR count). The van der Waals surface area contributed by atoms with Gasteiger partial charge in [-0.1, -0.05) is 12.2 Å². The SMILES string of the molecule is COC(=O)N[C@H]1C=C[C@@H](O)[C@@H]2OC(C)(C)O[C@@H]21. The van der Waals surface area contributed by atoms with Crippen molar-refractivity contribution < 1.29 is 24.1 Å². The van der Waals surface area contributed by atoms with Crippen LogP contribution in [-0.2, 0) is 14.2 Å². The smallest absolute Gasteiger partial charge is 0.407 e. The summed E-state index contributed by atoms with van der Waals surface area (Å²) in [5.74, 6) is -0.765. The predicted octanol–water partition coefficient (Wildman–Crippen LogP) is 0.162. The quantitative estimate of drug-likeness (QED) is 0.642. The number of methoxy groups -OCH3 is 1. The zero-order valence-electron chi connectivity index (χ0n) is 10.0. The van der Waals surface area contributed by atoms with Gasteiger partial charge in [0.1, 0.15) is 18.3 Å². The third-order valence-electron chi connectivity index (χ3n) is 2.84. The molecular formula is C11H17NO5. The van der Waals surface area contributed by atoms with E-state index in [9.17, 15) is 9.90 Å². The van der Waals surface area contributed by atoms with E-state index < -0.39 is 30.2 Å². The second-order valence-corrected chi connectivity index (χ2v) is 4.60. The molecule has 0 aromatic carbocycles. The highest BCUT2D eigenvalue weighted by Crippen LogP contribution is 2.34. The lowest BCUT2D eigenvalue weighted by molar-refractivity contribution is -0.152. The van der Waals surface area contributed by atoms with Gasteiger partial charge in [0.2, 0.25) is 0 Å². The van der Waals surface area contributed by atoms with Crippen molar-refractivity contribution in [2.45, 2.75) is 44.0 Å². The zero-order chi connectivity index (χ0) is 12.6. The maximum absolute atomic E-state index is 11.2. The molecule has 2 aliphatic rings. The van der Waals surface area contributed by atoms with Gasteiger partial charge in [0.15, 0.2) is 5.79 Å². The van der Waals surface area contributed by atoms with Crippen LogP contribution in [-0.4, -0.2) is 48.5 Å². The highest BCUT2D eigenvalue weighted by molar-refractivity contribution is 5.67. The van der Waals surface area contributed by atoms with Gasteiger partial charge in [-0.15, -0.1) is 0 Å². The van der Waals surface area contributed by atoms with Crippen molar-refractivity contribution in [2.75, 3.05) is 7.11 Å². The maximum Gasteiger partial charge on any atom is 0.407 e. The largest absolute Gasteiger partial charge is 0.453 e. The van der Waals surface area contributed by atoms with Gasteiger partial charge >= 0.3 is 6.09 Å². The Morgan fingerprint density at radius 2 is 2.00 bits per heavy atom. The molecule has 17 heavy (non-hydrogen) atoms. The van der Waals surface area contributed by atoms with Crippen molar-refractivity contribution in [3.8, 4) is 0 Å². The van der Waals surface area contributed by atoms with Gasteiger partial charge in [0.05, 0.1) is 13.2 Å². The lowest BCUT2D eigenvalue weighted by atomic mass is 9.94. The van der Waals surface area contributed by atoms with Gasteiger partial charge in [-0.3, -0.25) is 0 Å². The first-order chi connectivity index (χ1) is 7.93. The lowest BCUT2D eigenvalue weighted by Gasteiger charge is -2.30. The summed E-state index contributed by atoms with van der Waals surface area (Å²) in [5, 5.41) is 12.4. The summed E-state index contributed by atoms with van der Waals surface area (Å²) in [6.45, 7) is 3.54. The summed E-state index contributed by atoms with van der Waals surface area (Å²) in [7, 11) is 1.30. The first kappa shape index (κ1) is 12.3. The van der Waals surface area contributed by atoms with Crippen LogP contribution in [0.25, 0.3) is 0 Å². The van der Waals surface area contributed by atoms with Crippen LogP contribution < -0.4 is 5.32 Å². The van der Waals surface area contributed by atoms with Crippen molar-refractivity contribution in [2.24, 2.45) is 0 Å². The molecule has 1 aliphatic heterocycles. The number of aliphatic hydroxyl groups excluding tert-OH is 1. The maximum atomic E-state index is 11.2. The molecule has 2 N–H and O–H groups in total. The normalized spacial score (nSPS) is 38.6. The van der Waals surface area contributed by atoms with Crippen LogP contribution in [0.2, 0.25) is 0 Å². The van der Waals surface area contributed by atoms with Gasteiger partial charge < -0.3 is 24.6 Å². The number of amides is 1. The molecule has 4 atom stereocenters. The third-order valence-corrected chi connectivity index (χ3v) is 2.84. The number of carbonyl (C=O) groups is 1. The Kier molecular flexibility index (Phi) is 3.11. The zero-order valence-corrected chi connectivity index (χ0v) is 10.0. The molecule has 0 unspecified atom stereocenters. The minimum absolute atomic E-state index is 0.363. The average molecular weight is 243 g/mol. The van der Waals surface area contributed by atoms with E-state index in [-0.39, 0.29) is 6.04 Å². The number of aliphatic hydroxyl groups is 1. The van der Waals surface area contributed by atoms with Crippen LogP contribution in [0, 0.1) is 0 Å². The lowest BCUT2D eigenvalue weighted by Crippen LogP contribution is -2.51. The fraction of sp³-hybridized carbons (Fsp3) is 0.727. The molecule has 1 amide bonds. The van der Waals surface area contributed by atoms with Gasteiger partial charge in [-0.25, -0.2) is 4.79 Å². The molecule has 0 saturated carbocycles. The fourth-order valence-electron chi connectivity index (χ4n) is 2.14. The van der Waals surface area contributed by atoms with Crippen molar-refractivity contribution >= 4 is 6.09 Å². The van der Waals surface area contributed by atoms with Crippen LogP contribution in [0.3, 0.4) is 0 Å². The Morgan fingerprint density at radius 3 is 2.65 bits per heavy atom. The first-order valence-corrected chi connectivity index (χ1v) is 5.49. The Hall–Kier alpha value is -1.11. The molecule has 1 fully saturated rings. The van der Waals surface area contributed by atoms with E-state index in [0.717, 1.165) is 0 Å². The van der Waals surface area contributed by atoms with Crippen molar-refractivity contribution in [3.05, 3.63) is 12.2 Å². The fourth-order valence-corrected chi connectivity index (χ4v) is 2.14. The number of ether oxygens (including phenoxy) is 3. The Balaban J connectivity index is 2.13. The molecule has 0 bridgehead atoms. The summed E-state index contributed by atoms with van der Waals surface area (Å²) < 4.78 is 15.8. The number of rotatable bonds is 1. The highest BCUT2D eigenvalue weighted by atomic mass is 16.8. The van der Waals surface area contributed by atoms with Gasteiger partial charge in [-0.05, 0) is 13.8 Å². The average Bonchev–Trinajstić information content (AvgIpc) is 2.59. The van der Waals surface area contributed by atoms with E-state index >= 15 is 0 Å². The molecule has 1 aliphatic carbocycles. The number of fused-ring (bicyclic) bond motifs is 1. The predicted molar refractivity (Wildman–Crippen MR) is 58.3 cm³/mol. The van der Waals surface area contributed by atoms with Crippen molar-refractivity contribution in [1.29, 1.82) is 0 Å². The number of hydrogen-bond acceptors (Lipinski definition) is 5.